The van der Waals surface area contributed by atoms with Gasteiger partial charge in [-0.15, -0.1) is 0 Å². The van der Waals surface area contributed by atoms with Crippen molar-refractivity contribution in [1.29, 1.82) is 0 Å². The van der Waals surface area contributed by atoms with Gasteiger partial charge in [0.25, 0.3) is 6.43 Å². The third-order valence-electron chi connectivity index (χ3n) is 3.13. The molecule has 1 aliphatic heterocycles. The van der Waals surface area contributed by atoms with Crippen molar-refractivity contribution < 1.29 is 13.5 Å². The minimum absolute atomic E-state index is 0.321. The lowest BCUT2D eigenvalue weighted by atomic mass is 9.79. The Morgan fingerprint density at radius 3 is 1.86 bits per heavy atom. The van der Waals surface area contributed by atoms with Crippen LogP contribution in [-0.4, -0.2) is 30.2 Å². The highest BCUT2D eigenvalue weighted by atomic mass is 19.3. The van der Waals surface area contributed by atoms with E-state index in [2.05, 4.69) is 5.32 Å². The van der Waals surface area contributed by atoms with E-state index in [1.807, 2.05) is 13.8 Å². The van der Waals surface area contributed by atoms with Gasteiger partial charge in [0, 0.05) is 6.42 Å². The van der Waals surface area contributed by atoms with E-state index < -0.39 is 23.2 Å². The molecule has 0 aromatic heterocycles. The van der Waals surface area contributed by atoms with E-state index in [4.69, 9.17) is 4.74 Å². The van der Waals surface area contributed by atoms with Crippen LogP contribution in [0.1, 0.15) is 34.1 Å². The van der Waals surface area contributed by atoms with Crippen LogP contribution in [0.2, 0.25) is 0 Å². The highest BCUT2D eigenvalue weighted by Crippen LogP contribution is 2.47. The Labute approximate surface area is 84.0 Å². The molecule has 0 bridgehead atoms. The topological polar surface area (TPSA) is 21.3 Å². The molecule has 0 saturated carbocycles. The summed E-state index contributed by atoms with van der Waals surface area (Å²) in [6, 6.07) is 0. The molecular weight excluding hydrogens is 188 g/mol. The lowest BCUT2D eigenvalue weighted by Gasteiger charge is -2.38. The van der Waals surface area contributed by atoms with Crippen LogP contribution in [0.5, 0.6) is 0 Å². The summed E-state index contributed by atoms with van der Waals surface area (Å²) in [5.74, 6) is 0. The standard InChI is InChI=1S/C10H19F2NO/c1-8(2)6-10(13-5,7(11)12)9(3,4)14-8/h7,13H,6H2,1-5H3. The minimum atomic E-state index is -2.43. The van der Waals surface area contributed by atoms with E-state index in [0.717, 1.165) is 0 Å². The molecule has 0 radical (unpaired) electrons. The first-order valence-corrected chi connectivity index (χ1v) is 4.84. The van der Waals surface area contributed by atoms with Gasteiger partial charge in [0.2, 0.25) is 0 Å². The van der Waals surface area contributed by atoms with E-state index in [9.17, 15) is 8.78 Å². The van der Waals surface area contributed by atoms with E-state index >= 15 is 0 Å². The normalized spacial score (nSPS) is 35.1. The lowest BCUT2D eigenvalue weighted by Crippen LogP contribution is -2.60. The third-order valence-corrected chi connectivity index (χ3v) is 3.13. The van der Waals surface area contributed by atoms with E-state index in [1.54, 1.807) is 20.9 Å². The van der Waals surface area contributed by atoms with Crippen molar-refractivity contribution in [3.8, 4) is 0 Å². The van der Waals surface area contributed by atoms with Crippen molar-refractivity contribution in [2.24, 2.45) is 0 Å². The van der Waals surface area contributed by atoms with E-state index in [0.29, 0.717) is 6.42 Å². The molecule has 1 rings (SSSR count). The largest absolute Gasteiger partial charge is 0.367 e. The van der Waals surface area contributed by atoms with Crippen LogP contribution >= 0.6 is 0 Å². The fraction of sp³-hybridized carbons (Fsp3) is 1.00. The van der Waals surface area contributed by atoms with E-state index in [1.165, 1.54) is 0 Å². The molecule has 1 unspecified atom stereocenters. The van der Waals surface area contributed by atoms with Gasteiger partial charge in [-0.05, 0) is 34.7 Å². The number of rotatable bonds is 2. The Balaban J connectivity index is 3.08. The second kappa shape index (κ2) is 3.14. The summed E-state index contributed by atoms with van der Waals surface area (Å²) >= 11 is 0. The maximum absolute atomic E-state index is 13.1. The zero-order valence-corrected chi connectivity index (χ0v) is 9.45. The average Bonchev–Trinajstić information content (AvgIpc) is 2.15. The number of likely N-dealkylation sites (N-methyl/N-ethyl adjacent to an activating group) is 1. The lowest BCUT2D eigenvalue weighted by molar-refractivity contribution is -0.108. The summed E-state index contributed by atoms with van der Waals surface area (Å²) in [7, 11) is 1.57. The van der Waals surface area contributed by atoms with Crippen LogP contribution in [0.3, 0.4) is 0 Å². The van der Waals surface area contributed by atoms with Crippen LogP contribution in [0, 0.1) is 0 Å². The molecule has 2 nitrogen and oxygen atoms in total. The van der Waals surface area contributed by atoms with Gasteiger partial charge in [0.15, 0.2) is 0 Å². The fourth-order valence-corrected chi connectivity index (χ4v) is 2.54. The molecule has 0 spiro atoms. The van der Waals surface area contributed by atoms with Crippen molar-refractivity contribution in [3.05, 3.63) is 0 Å². The van der Waals surface area contributed by atoms with Crippen LogP contribution in [0.25, 0.3) is 0 Å². The molecule has 1 saturated heterocycles. The van der Waals surface area contributed by atoms with Gasteiger partial charge >= 0.3 is 0 Å². The highest BCUT2D eigenvalue weighted by Gasteiger charge is 2.61. The van der Waals surface area contributed by atoms with Gasteiger partial charge in [0.05, 0.1) is 11.2 Å². The number of nitrogens with one attached hydrogen (secondary N) is 1. The monoisotopic (exact) mass is 207 g/mol. The van der Waals surface area contributed by atoms with Crippen molar-refractivity contribution in [1.82, 2.24) is 5.32 Å². The van der Waals surface area contributed by atoms with Gasteiger partial charge in [-0.3, -0.25) is 0 Å². The molecule has 0 aromatic carbocycles. The molecule has 0 aromatic rings. The highest BCUT2D eigenvalue weighted by molar-refractivity contribution is 5.12. The first-order chi connectivity index (χ1) is 6.17. The molecule has 1 atom stereocenters. The molecule has 0 aliphatic carbocycles. The average molecular weight is 207 g/mol. The molecule has 14 heavy (non-hydrogen) atoms. The summed E-state index contributed by atoms with van der Waals surface area (Å²) in [6.07, 6.45) is -2.11. The van der Waals surface area contributed by atoms with Crippen molar-refractivity contribution in [2.75, 3.05) is 7.05 Å². The van der Waals surface area contributed by atoms with Crippen LogP contribution in [0.15, 0.2) is 0 Å². The van der Waals surface area contributed by atoms with E-state index in [-0.39, 0.29) is 0 Å². The Hall–Kier alpha value is -0.220. The Morgan fingerprint density at radius 1 is 1.21 bits per heavy atom. The molecular formula is C10H19F2NO. The zero-order chi connectivity index (χ0) is 11.2. The second-order valence-corrected chi connectivity index (χ2v) is 5.07. The number of hydrogen-bond acceptors (Lipinski definition) is 2. The number of alkyl halides is 2. The Bertz CT molecular complexity index is 228. The summed E-state index contributed by atoms with van der Waals surface area (Å²) in [6.45, 7) is 7.11. The number of hydrogen-bond donors (Lipinski definition) is 1. The predicted octanol–water partition coefficient (Wildman–Crippen LogP) is 2.19. The van der Waals surface area contributed by atoms with Crippen LogP contribution in [-0.2, 0) is 4.74 Å². The smallest absolute Gasteiger partial charge is 0.259 e. The summed E-state index contributed by atoms with van der Waals surface area (Å²) in [5, 5.41) is 2.75. The molecule has 84 valence electrons. The molecule has 0 amide bonds. The van der Waals surface area contributed by atoms with Gasteiger partial charge in [-0.2, -0.15) is 0 Å². The molecule has 1 fully saturated rings. The summed E-state index contributed by atoms with van der Waals surface area (Å²) in [5.41, 5.74) is -2.58. The summed E-state index contributed by atoms with van der Waals surface area (Å²) < 4.78 is 31.8. The quantitative estimate of drug-likeness (QED) is 0.749. The fourth-order valence-electron chi connectivity index (χ4n) is 2.54. The molecule has 1 aliphatic rings. The second-order valence-electron chi connectivity index (χ2n) is 5.07. The van der Waals surface area contributed by atoms with Crippen molar-refractivity contribution >= 4 is 0 Å². The van der Waals surface area contributed by atoms with Crippen LogP contribution in [0.4, 0.5) is 8.78 Å². The number of ether oxygens (including phenoxy) is 1. The van der Waals surface area contributed by atoms with Gasteiger partial charge in [-0.25, -0.2) is 8.78 Å². The number of halogens is 2. The van der Waals surface area contributed by atoms with Crippen molar-refractivity contribution in [3.63, 3.8) is 0 Å². The van der Waals surface area contributed by atoms with Gasteiger partial charge < -0.3 is 10.1 Å². The Morgan fingerprint density at radius 2 is 1.71 bits per heavy atom. The summed E-state index contributed by atoms with van der Waals surface area (Å²) in [4.78, 5) is 0. The van der Waals surface area contributed by atoms with Crippen molar-refractivity contribution in [2.45, 2.75) is 57.3 Å². The molecule has 1 N–H and O–H groups in total. The first-order valence-electron chi connectivity index (χ1n) is 4.84. The van der Waals surface area contributed by atoms with Gasteiger partial charge in [-0.1, -0.05) is 0 Å². The SMILES string of the molecule is CNC1(C(F)F)CC(C)(C)OC1(C)C. The van der Waals surface area contributed by atoms with Crippen LogP contribution < -0.4 is 5.32 Å². The molecule has 4 heteroatoms. The molecule has 1 heterocycles. The maximum atomic E-state index is 13.1. The zero-order valence-electron chi connectivity index (χ0n) is 9.45. The third kappa shape index (κ3) is 1.54. The van der Waals surface area contributed by atoms with Gasteiger partial charge in [0.1, 0.15) is 5.54 Å². The predicted molar refractivity (Wildman–Crippen MR) is 51.7 cm³/mol. The minimum Gasteiger partial charge on any atom is -0.367 e. The maximum Gasteiger partial charge on any atom is 0.259 e. The Kier molecular flexibility index (Phi) is 2.66. The first kappa shape index (κ1) is 11.9.